The fourth-order valence-electron chi connectivity index (χ4n) is 7.10. The lowest BCUT2D eigenvalue weighted by molar-refractivity contribution is -0.0432. The second-order valence-corrected chi connectivity index (χ2v) is 12.0. The van der Waals surface area contributed by atoms with Crippen LogP contribution in [0.4, 0.5) is 11.8 Å². The number of benzene rings is 1. The number of aromatic hydroxyl groups is 1. The van der Waals surface area contributed by atoms with E-state index in [0.717, 1.165) is 41.8 Å². The Balaban J connectivity index is 0.00000148. The minimum Gasteiger partial charge on any atom is -0.507 e. The molecule has 5 heterocycles. The van der Waals surface area contributed by atoms with Crippen molar-refractivity contribution in [1.82, 2.24) is 25.2 Å². The molecule has 9 nitrogen and oxygen atoms in total. The highest BCUT2D eigenvalue weighted by Crippen LogP contribution is 2.47. The molecule has 1 spiro atoms. The third-order valence-electron chi connectivity index (χ3n) is 9.56. The van der Waals surface area contributed by atoms with Gasteiger partial charge in [-0.1, -0.05) is 26.0 Å². The molecule has 1 aliphatic carbocycles. The lowest BCUT2D eigenvalue weighted by atomic mass is 9.61. The molecule has 3 aromatic rings. The molecule has 7 rings (SSSR count). The van der Waals surface area contributed by atoms with Gasteiger partial charge in [-0.25, -0.2) is 9.97 Å². The predicted octanol–water partition coefficient (Wildman–Crippen LogP) is 4.07. The maximum Gasteiger partial charge on any atom is 0.225 e. The standard InChI is InChI=1S/C30H38N8O.C2H6/c31-25(22-3-1-2-4-27(22)39)11-23-24-16-38(10-7-26(24)36-28(23)32)29-34-14-20(15-35-29)19-5-8-37(9-6-19)21-12-30(13-21)17-33-18-30;1-2/h1-4,11,14-15,19,21,33,36,39H,5-10,12-13,16-18,31-32H2;1-2H3/b25-11-;. The van der Waals surface area contributed by atoms with E-state index in [2.05, 4.69) is 20.1 Å². The molecule has 0 bridgehead atoms. The first kappa shape index (κ1) is 27.6. The number of fused-ring (bicyclic) bond motifs is 1. The molecule has 1 aromatic carbocycles. The van der Waals surface area contributed by atoms with E-state index in [1.807, 2.05) is 38.4 Å². The molecule has 2 aromatic heterocycles. The minimum atomic E-state index is 0.151. The molecule has 4 aliphatic rings. The number of aromatic nitrogens is 3. The maximum atomic E-state index is 10.2. The number of piperidine rings is 1. The van der Waals surface area contributed by atoms with Crippen molar-refractivity contribution in [3.63, 3.8) is 0 Å². The summed E-state index contributed by atoms with van der Waals surface area (Å²) >= 11 is 0. The smallest absolute Gasteiger partial charge is 0.225 e. The van der Waals surface area contributed by atoms with E-state index in [0.29, 0.717) is 35.0 Å². The van der Waals surface area contributed by atoms with E-state index < -0.39 is 0 Å². The number of para-hydroxylation sites is 1. The summed E-state index contributed by atoms with van der Waals surface area (Å²) in [6.45, 7) is 10.3. The van der Waals surface area contributed by atoms with Crippen LogP contribution in [0.2, 0.25) is 0 Å². The third-order valence-corrected chi connectivity index (χ3v) is 9.56. The predicted molar refractivity (Wildman–Crippen MR) is 165 cm³/mol. The summed E-state index contributed by atoms with van der Waals surface area (Å²) < 4.78 is 0. The van der Waals surface area contributed by atoms with Gasteiger partial charge >= 0.3 is 0 Å². The molecule has 9 heteroatoms. The molecule has 41 heavy (non-hydrogen) atoms. The number of likely N-dealkylation sites (tertiary alicyclic amines) is 1. The van der Waals surface area contributed by atoms with Crippen molar-refractivity contribution in [3.05, 3.63) is 64.6 Å². The first-order valence-corrected chi connectivity index (χ1v) is 15.2. The van der Waals surface area contributed by atoms with E-state index in [4.69, 9.17) is 21.4 Å². The number of hydrogen-bond acceptors (Lipinski definition) is 8. The summed E-state index contributed by atoms with van der Waals surface area (Å²) in [5.74, 6) is 2.03. The van der Waals surface area contributed by atoms with Crippen LogP contribution in [0, 0.1) is 5.41 Å². The first-order chi connectivity index (χ1) is 20.0. The van der Waals surface area contributed by atoms with Gasteiger partial charge < -0.3 is 36.7 Å². The minimum absolute atomic E-state index is 0.151. The Bertz CT molecular complexity index is 1380. The van der Waals surface area contributed by atoms with E-state index in [-0.39, 0.29) is 5.75 Å². The fraction of sp³-hybridized carbons (Fsp3) is 0.500. The van der Waals surface area contributed by atoms with Crippen molar-refractivity contribution in [3.8, 4) is 5.75 Å². The first-order valence-electron chi connectivity index (χ1n) is 15.2. The van der Waals surface area contributed by atoms with Gasteiger partial charge in [-0.15, -0.1) is 0 Å². The van der Waals surface area contributed by atoms with Gasteiger partial charge in [0.25, 0.3) is 0 Å². The van der Waals surface area contributed by atoms with Crippen molar-refractivity contribution in [2.45, 2.75) is 64.5 Å². The van der Waals surface area contributed by atoms with Crippen LogP contribution >= 0.6 is 0 Å². The molecular weight excluding hydrogens is 512 g/mol. The lowest BCUT2D eigenvalue weighted by Gasteiger charge is -2.58. The van der Waals surface area contributed by atoms with E-state index in [1.54, 1.807) is 18.2 Å². The molecule has 1 saturated carbocycles. The van der Waals surface area contributed by atoms with Gasteiger partial charge in [-0.3, -0.25) is 0 Å². The summed E-state index contributed by atoms with van der Waals surface area (Å²) in [6.07, 6.45) is 11.9. The van der Waals surface area contributed by atoms with Gasteiger partial charge in [-0.2, -0.15) is 0 Å². The van der Waals surface area contributed by atoms with E-state index >= 15 is 0 Å². The number of anilines is 2. The highest BCUT2D eigenvalue weighted by atomic mass is 16.3. The van der Waals surface area contributed by atoms with Gasteiger partial charge in [-0.05, 0) is 73.9 Å². The fourth-order valence-corrected chi connectivity index (χ4v) is 7.10. The lowest BCUT2D eigenvalue weighted by Crippen LogP contribution is -2.65. The molecule has 218 valence electrons. The number of nitrogens with two attached hydrogens (primary N) is 2. The highest BCUT2D eigenvalue weighted by molar-refractivity contribution is 5.86. The Morgan fingerprint density at radius 2 is 1.78 bits per heavy atom. The quantitative estimate of drug-likeness (QED) is 0.318. The molecule has 0 atom stereocenters. The number of nitrogen functional groups attached to an aromatic ring is 1. The monoisotopic (exact) mass is 556 g/mol. The average Bonchev–Trinajstić information content (AvgIpc) is 3.27. The van der Waals surface area contributed by atoms with Gasteiger partial charge in [0.2, 0.25) is 5.95 Å². The molecule has 0 amide bonds. The van der Waals surface area contributed by atoms with Crippen LogP contribution in [0.3, 0.4) is 0 Å². The van der Waals surface area contributed by atoms with Crippen LogP contribution < -0.4 is 21.7 Å². The molecular formula is C32H44N8O. The van der Waals surface area contributed by atoms with E-state index in [1.165, 1.54) is 57.4 Å². The normalized spacial score (nSPS) is 21.0. The van der Waals surface area contributed by atoms with Crippen LogP contribution in [0.25, 0.3) is 11.8 Å². The number of phenols is 1. The van der Waals surface area contributed by atoms with Crippen molar-refractivity contribution in [2.24, 2.45) is 11.1 Å². The summed E-state index contributed by atoms with van der Waals surface area (Å²) in [6, 6.07) is 7.87. The molecule has 7 N–H and O–H groups in total. The molecule has 0 unspecified atom stereocenters. The number of nitrogens with one attached hydrogen (secondary N) is 2. The van der Waals surface area contributed by atoms with Crippen LogP contribution in [0.5, 0.6) is 5.75 Å². The number of hydrogen-bond donors (Lipinski definition) is 5. The average molecular weight is 557 g/mol. The van der Waals surface area contributed by atoms with Crippen molar-refractivity contribution >= 4 is 23.5 Å². The number of rotatable bonds is 5. The Morgan fingerprint density at radius 1 is 1.07 bits per heavy atom. The Kier molecular flexibility index (Phi) is 7.66. The summed E-state index contributed by atoms with van der Waals surface area (Å²) in [5.41, 5.74) is 18.8. The maximum absolute atomic E-state index is 10.2. The number of nitrogens with zero attached hydrogens (tertiary/aromatic N) is 4. The van der Waals surface area contributed by atoms with Crippen molar-refractivity contribution in [1.29, 1.82) is 0 Å². The largest absolute Gasteiger partial charge is 0.507 e. The highest BCUT2D eigenvalue weighted by Gasteiger charge is 2.50. The summed E-state index contributed by atoms with van der Waals surface area (Å²) in [7, 11) is 0. The Labute approximate surface area is 243 Å². The van der Waals surface area contributed by atoms with E-state index in [9.17, 15) is 5.11 Å². The van der Waals surface area contributed by atoms with Crippen LogP contribution in [-0.4, -0.2) is 63.7 Å². The van der Waals surface area contributed by atoms with Crippen molar-refractivity contribution < 1.29 is 5.11 Å². The zero-order valence-electron chi connectivity index (χ0n) is 24.4. The number of phenolic OH excluding ortho intramolecular Hbond substituents is 1. The molecule has 0 radical (unpaired) electrons. The second-order valence-electron chi connectivity index (χ2n) is 12.0. The molecule has 2 saturated heterocycles. The second kappa shape index (κ2) is 11.4. The SMILES string of the molecule is CC.N/C(=C\c1c(N)[nH]c2c1CN(c1ncc(C3CCN(C4CC5(CNC5)C4)CC3)cn1)CC2)c1ccccc1O. The van der Waals surface area contributed by atoms with Crippen LogP contribution in [-0.2, 0) is 13.0 Å². The van der Waals surface area contributed by atoms with Gasteiger partial charge in [0.1, 0.15) is 11.6 Å². The summed E-state index contributed by atoms with van der Waals surface area (Å²) in [4.78, 5) is 17.9. The Hall–Kier alpha value is -3.56. The Morgan fingerprint density at radius 3 is 2.44 bits per heavy atom. The zero-order chi connectivity index (χ0) is 28.6. The van der Waals surface area contributed by atoms with Gasteiger partial charge in [0.05, 0.1) is 0 Å². The number of aromatic amines is 1. The van der Waals surface area contributed by atoms with Crippen LogP contribution in [0.15, 0.2) is 36.7 Å². The van der Waals surface area contributed by atoms with Crippen molar-refractivity contribution in [2.75, 3.05) is 43.4 Å². The third kappa shape index (κ3) is 5.28. The van der Waals surface area contributed by atoms with Gasteiger partial charge in [0.15, 0.2) is 0 Å². The van der Waals surface area contributed by atoms with Gasteiger partial charge in [0, 0.05) is 79.1 Å². The topological polar surface area (TPSA) is 132 Å². The molecule has 3 aliphatic heterocycles. The molecule has 3 fully saturated rings. The zero-order valence-corrected chi connectivity index (χ0v) is 24.4. The summed E-state index contributed by atoms with van der Waals surface area (Å²) in [5, 5.41) is 13.7. The number of H-pyrrole nitrogens is 1. The van der Waals surface area contributed by atoms with Crippen LogP contribution in [0.1, 0.15) is 73.4 Å².